The van der Waals surface area contributed by atoms with Crippen molar-refractivity contribution in [2.75, 3.05) is 27.3 Å². The average Bonchev–Trinajstić information content (AvgIpc) is 3.30. The highest BCUT2D eigenvalue weighted by Crippen LogP contribution is 2.45. The average molecular weight is 367 g/mol. The second-order valence-corrected chi connectivity index (χ2v) is 7.43. The zero-order valence-electron chi connectivity index (χ0n) is 13.3. The van der Waals surface area contributed by atoms with E-state index in [1.165, 1.54) is 33.1 Å². The molecule has 0 bridgehead atoms. The minimum absolute atomic E-state index is 0.0699. The quantitative estimate of drug-likeness (QED) is 0.286. The van der Waals surface area contributed by atoms with Gasteiger partial charge < -0.3 is 31.6 Å². The topological polar surface area (TPSA) is 112 Å². The van der Waals surface area contributed by atoms with E-state index in [1.54, 1.807) is 0 Å². The number of amides is 1. The Morgan fingerprint density at radius 2 is 1.91 bits per heavy atom. The second-order valence-electron chi connectivity index (χ2n) is 6.04. The number of methoxy groups -OCH3 is 2. The van der Waals surface area contributed by atoms with Gasteiger partial charge in [-0.1, -0.05) is 23.2 Å². The summed E-state index contributed by atoms with van der Waals surface area (Å²) < 4.78 is 9.18. The molecule has 2 rings (SSSR count). The molecule has 7 nitrogen and oxygen atoms in total. The largest absolute Gasteiger partial charge is 0.351 e. The van der Waals surface area contributed by atoms with Gasteiger partial charge in [-0.25, -0.2) is 0 Å². The van der Waals surface area contributed by atoms with Crippen LogP contribution in [0.4, 0.5) is 0 Å². The molecule has 1 amide bonds. The molecule has 0 aromatic carbocycles. The van der Waals surface area contributed by atoms with Crippen molar-refractivity contribution in [3.63, 3.8) is 0 Å². The maximum atomic E-state index is 12.5. The molecule has 2 aliphatic rings. The first-order valence-electron chi connectivity index (χ1n) is 7.48. The first-order chi connectivity index (χ1) is 10.7. The van der Waals surface area contributed by atoms with Gasteiger partial charge in [0.05, 0.1) is 5.57 Å². The van der Waals surface area contributed by atoms with Gasteiger partial charge in [-0.3, -0.25) is 4.79 Å². The van der Waals surface area contributed by atoms with Gasteiger partial charge in [0, 0.05) is 39.8 Å². The van der Waals surface area contributed by atoms with Crippen LogP contribution in [-0.2, 0) is 14.3 Å². The van der Waals surface area contributed by atoms with E-state index in [-0.39, 0.29) is 17.9 Å². The molecule has 6 N–H and O–H groups in total. The zero-order valence-corrected chi connectivity index (χ0v) is 14.8. The molecular formula is C14H24Cl2N4O3. The monoisotopic (exact) mass is 366 g/mol. The molecule has 0 aromatic rings. The molecule has 9 heteroatoms. The van der Waals surface area contributed by atoms with E-state index in [0.29, 0.717) is 19.1 Å². The number of halogens is 2. The number of nitrogens with one attached hydrogen (secondary N) is 2. The standard InChI is InChI=1S/C14H24Cl2N4O3/c1-22-12(23-2)8-14(17,18)13(15,16)7-10(12)11(21)20-6-5-19-9-3-4-9/h7,9,19H,3-6,8,17-18H2,1-2H3,(H,20,21). The summed E-state index contributed by atoms with van der Waals surface area (Å²) in [6.07, 6.45) is 3.60. The fourth-order valence-corrected chi connectivity index (χ4v) is 2.90. The number of carbonyl (C=O) groups is 1. The van der Waals surface area contributed by atoms with E-state index in [0.717, 1.165) is 0 Å². The lowest BCUT2D eigenvalue weighted by atomic mass is 9.84. The van der Waals surface area contributed by atoms with Crippen LogP contribution in [0.1, 0.15) is 19.3 Å². The molecule has 0 saturated heterocycles. The number of carbonyl (C=O) groups excluding carboxylic acids is 1. The summed E-state index contributed by atoms with van der Waals surface area (Å²) in [4.78, 5) is 12.5. The second kappa shape index (κ2) is 6.84. The van der Waals surface area contributed by atoms with Crippen LogP contribution in [0.5, 0.6) is 0 Å². The van der Waals surface area contributed by atoms with Gasteiger partial charge in [-0.05, 0) is 18.9 Å². The molecular weight excluding hydrogens is 343 g/mol. The third-order valence-electron chi connectivity index (χ3n) is 4.21. The minimum atomic E-state index is -1.62. The molecule has 132 valence electrons. The Morgan fingerprint density at radius 1 is 1.30 bits per heavy atom. The molecule has 0 heterocycles. The smallest absolute Gasteiger partial charge is 0.252 e. The van der Waals surface area contributed by atoms with Gasteiger partial charge in [0.1, 0.15) is 5.66 Å². The maximum absolute atomic E-state index is 12.5. The van der Waals surface area contributed by atoms with Gasteiger partial charge in [-0.2, -0.15) is 0 Å². The van der Waals surface area contributed by atoms with Crippen LogP contribution >= 0.6 is 23.2 Å². The van der Waals surface area contributed by atoms with E-state index in [2.05, 4.69) is 10.6 Å². The van der Waals surface area contributed by atoms with Crippen LogP contribution in [0.2, 0.25) is 0 Å². The number of alkyl halides is 2. The van der Waals surface area contributed by atoms with Crippen LogP contribution in [0, 0.1) is 0 Å². The van der Waals surface area contributed by atoms with Crippen molar-refractivity contribution in [3.8, 4) is 0 Å². The number of hydrogen-bond acceptors (Lipinski definition) is 6. The Balaban J connectivity index is 2.13. The highest BCUT2D eigenvalue weighted by atomic mass is 35.5. The molecule has 0 aromatic heterocycles. The molecule has 1 fully saturated rings. The number of nitrogens with two attached hydrogens (primary N) is 2. The number of ether oxygens (including phenoxy) is 2. The van der Waals surface area contributed by atoms with Crippen molar-refractivity contribution >= 4 is 29.1 Å². The van der Waals surface area contributed by atoms with E-state index in [4.69, 9.17) is 44.1 Å². The Kier molecular flexibility index (Phi) is 5.62. The predicted molar refractivity (Wildman–Crippen MR) is 89.0 cm³/mol. The summed E-state index contributed by atoms with van der Waals surface area (Å²) in [5, 5.41) is 6.10. The van der Waals surface area contributed by atoms with Crippen molar-refractivity contribution in [1.82, 2.24) is 10.6 Å². The Hall–Kier alpha value is -0.410. The van der Waals surface area contributed by atoms with Crippen molar-refractivity contribution < 1.29 is 14.3 Å². The lowest BCUT2D eigenvalue weighted by molar-refractivity contribution is -0.197. The fourth-order valence-electron chi connectivity index (χ4n) is 2.54. The number of hydrogen-bond donors (Lipinski definition) is 4. The summed E-state index contributed by atoms with van der Waals surface area (Å²) in [6.45, 7) is 1.14. The molecule has 0 radical (unpaired) electrons. The minimum Gasteiger partial charge on any atom is -0.351 e. The molecule has 0 aliphatic heterocycles. The van der Waals surface area contributed by atoms with Crippen LogP contribution in [0.15, 0.2) is 11.6 Å². The van der Waals surface area contributed by atoms with E-state index >= 15 is 0 Å². The lowest BCUT2D eigenvalue weighted by Crippen LogP contribution is -2.68. The van der Waals surface area contributed by atoms with Gasteiger partial charge in [-0.15, -0.1) is 0 Å². The first kappa shape index (κ1) is 18.9. The summed E-state index contributed by atoms with van der Waals surface area (Å²) in [7, 11) is 2.82. The van der Waals surface area contributed by atoms with Gasteiger partial charge in [0.15, 0.2) is 4.33 Å². The van der Waals surface area contributed by atoms with E-state index in [9.17, 15) is 4.79 Å². The Bertz CT molecular complexity index is 488. The van der Waals surface area contributed by atoms with Crippen LogP contribution < -0.4 is 22.1 Å². The van der Waals surface area contributed by atoms with Crippen LogP contribution in [0.25, 0.3) is 0 Å². The molecule has 0 spiro atoms. The highest BCUT2D eigenvalue weighted by Gasteiger charge is 2.56. The van der Waals surface area contributed by atoms with E-state index < -0.39 is 15.8 Å². The van der Waals surface area contributed by atoms with Crippen molar-refractivity contribution in [2.24, 2.45) is 11.5 Å². The lowest BCUT2D eigenvalue weighted by Gasteiger charge is -2.47. The third-order valence-corrected chi connectivity index (χ3v) is 5.13. The van der Waals surface area contributed by atoms with Crippen molar-refractivity contribution in [3.05, 3.63) is 11.6 Å². The van der Waals surface area contributed by atoms with Gasteiger partial charge >= 0.3 is 0 Å². The highest BCUT2D eigenvalue weighted by molar-refractivity contribution is 6.51. The van der Waals surface area contributed by atoms with Crippen LogP contribution in [-0.4, -0.2) is 55.0 Å². The SMILES string of the molecule is COC1(OC)CC(N)(N)C(Cl)(Cl)C=C1C(=O)NCCNC1CC1. The molecule has 23 heavy (non-hydrogen) atoms. The van der Waals surface area contributed by atoms with Crippen LogP contribution in [0.3, 0.4) is 0 Å². The molecule has 2 aliphatic carbocycles. The van der Waals surface area contributed by atoms with Crippen molar-refractivity contribution in [2.45, 2.75) is 41.1 Å². The van der Waals surface area contributed by atoms with Gasteiger partial charge in [0.25, 0.3) is 5.91 Å². The Morgan fingerprint density at radius 3 is 2.43 bits per heavy atom. The predicted octanol–water partition coefficient (Wildman–Crippen LogP) is -0.0386. The van der Waals surface area contributed by atoms with Gasteiger partial charge in [0.2, 0.25) is 5.79 Å². The normalized spacial score (nSPS) is 24.9. The van der Waals surface area contributed by atoms with Crippen molar-refractivity contribution in [1.29, 1.82) is 0 Å². The third kappa shape index (κ3) is 3.99. The first-order valence-corrected chi connectivity index (χ1v) is 8.24. The summed E-state index contributed by atoms with van der Waals surface area (Å²) in [6, 6.07) is 0.575. The molecule has 0 unspecified atom stereocenters. The molecule has 1 saturated carbocycles. The van der Waals surface area contributed by atoms with E-state index in [1.807, 2.05) is 0 Å². The summed E-state index contributed by atoms with van der Waals surface area (Å²) >= 11 is 12.4. The summed E-state index contributed by atoms with van der Waals surface area (Å²) in [5.74, 6) is -1.78. The summed E-state index contributed by atoms with van der Waals surface area (Å²) in [5.41, 5.74) is 10.6. The fraction of sp³-hybridized carbons (Fsp3) is 0.786. The molecule has 0 atom stereocenters. The number of rotatable bonds is 7. The Labute approximate surface area is 146 Å². The maximum Gasteiger partial charge on any atom is 0.252 e. The zero-order chi connectivity index (χ0) is 17.3.